The number of anilines is 1. The molecule has 0 radical (unpaired) electrons. The molecular formula is C12H8Cl2F4N4O4. The molecule has 0 atom stereocenters. The molecule has 26 heavy (non-hydrogen) atoms. The van der Waals surface area contributed by atoms with Gasteiger partial charge in [0.25, 0.3) is 5.69 Å². The van der Waals surface area contributed by atoms with Gasteiger partial charge in [0, 0.05) is 6.07 Å². The lowest BCUT2D eigenvalue weighted by Gasteiger charge is -2.04. The Morgan fingerprint density at radius 2 is 1.46 bits per heavy atom. The number of ether oxygens (including phenoxy) is 2. The maximum absolute atomic E-state index is 11.7. The van der Waals surface area contributed by atoms with Crippen molar-refractivity contribution < 1.29 is 32.0 Å². The van der Waals surface area contributed by atoms with Crippen molar-refractivity contribution in [3.63, 3.8) is 0 Å². The van der Waals surface area contributed by atoms with E-state index < -0.39 is 29.7 Å². The van der Waals surface area contributed by atoms with E-state index in [0.29, 0.717) is 5.69 Å². The van der Waals surface area contributed by atoms with Crippen molar-refractivity contribution in [2.75, 3.05) is 5.73 Å². The van der Waals surface area contributed by atoms with Crippen LogP contribution in [-0.2, 0) is 0 Å². The number of nitrogens with zero attached hydrogens (tertiary/aromatic N) is 3. The standard InChI is InChI=1S/C6H3ClF2N2O3.C6H5ClF2N2O/c7-4-1-3(11(12)13)2-10-5(4)14-6(8)9;7-4-1-3(10)2-11-5(4)12-6(8)9/h1-2,6H;1-2,6H,10H2. The number of nitrogen functional groups attached to an aromatic ring is 1. The minimum atomic E-state index is -3.07. The molecule has 0 saturated heterocycles. The molecule has 14 heteroatoms. The Labute approximate surface area is 152 Å². The molecule has 2 heterocycles. The summed E-state index contributed by atoms with van der Waals surface area (Å²) in [6.45, 7) is -6.00. The Morgan fingerprint density at radius 1 is 1.00 bits per heavy atom. The molecule has 0 fully saturated rings. The van der Waals surface area contributed by atoms with Gasteiger partial charge < -0.3 is 15.2 Å². The van der Waals surface area contributed by atoms with Crippen LogP contribution in [0.3, 0.4) is 0 Å². The summed E-state index contributed by atoms with van der Waals surface area (Å²) in [6, 6.07) is 2.17. The Balaban J connectivity index is 0.000000263. The van der Waals surface area contributed by atoms with Crippen LogP contribution in [0.4, 0.5) is 28.9 Å². The van der Waals surface area contributed by atoms with Gasteiger partial charge in [-0.2, -0.15) is 17.6 Å². The first-order valence-electron chi connectivity index (χ1n) is 6.20. The molecule has 0 aliphatic rings. The minimum absolute atomic E-state index is 0.0321. The molecule has 2 rings (SSSR count). The lowest BCUT2D eigenvalue weighted by atomic mass is 10.4. The highest BCUT2D eigenvalue weighted by atomic mass is 35.5. The average Bonchev–Trinajstić information content (AvgIpc) is 2.52. The smallest absolute Gasteiger partial charge is 0.388 e. The van der Waals surface area contributed by atoms with Gasteiger partial charge in [-0.3, -0.25) is 10.1 Å². The maximum atomic E-state index is 11.7. The normalized spacial score (nSPS) is 10.3. The van der Waals surface area contributed by atoms with E-state index in [1.807, 2.05) is 0 Å². The first-order chi connectivity index (χ1) is 12.1. The molecule has 8 nitrogen and oxygen atoms in total. The van der Waals surface area contributed by atoms with Crippen molar-refractivity contribution in [3.05, 3.63) is 44.7 Å². The molecule has 0 unspecified atom stereocenters. The maximum Gasteiger partial charge on any atom is 0.388 e. The molecule has 0 bridgehead atoms. The molecule has 2 aromatic rings. The van der Waals surface area contributed by atoms with E-state index in [1.54, 1.807) is 0 Å². The molecule has 0 aliphatic carbocycles. The number of aromatic nitrogens is 2. The van der Waals surface area contributed by atoms with Gasteiger partial charge in [0.1, 0.15) is 16.2 Å². The van der Waals surface area contributed by atoms with Crippen molar-refractivity contribution in [1.82, 2.24) is 9.97 Å². The van der Waals surface area contributed by atoms with Gasteiger partial charge in [0.15, 0.2) is 0 Å². The van der Waals surface area contributed by atoms with Crippen LogP contribution < -0.4 is 15.2 Å². The van der Waals surface area contributed by atoms with Crippen LogP contribution >= 0.6 is 23.2 Å². The van der Waals surface area contributed by atoms with E-state index >= 15 is 0 Å². The summed E-state index contributed by atoms with van der Waals surface area (Å²) in [4.78, 5) is 16.2. The summed E-state index contributed by atoms with van der Waals surface area (Å²) in [7, 11) is 0. The topological polar surface area (TPSA) is 113 Å². The van der Waals surface area contributed by atoms with Gasteiger partial charge in [-0.05, 0) is 6.07 Å². The summed E-state index contributed by atoms with van der Waals surface area (Å²) in [5.74, 6) is -0.854. The number of halogens is 6. The molecule has 2 N–H and O–H groups in total. The van der Waals surface area contributed by atoms with Crippen molar-refractivity contribution in [1.29, 1.82) is 0 Å². The Kier molecular flexibility index (Phi) is 8.06. The molecule has 142 valence electrons. The van der Waals surface area contributed by atoms with Crippen molar-refractivity contribution in [3.8, 4) is 11.8 Å². The highest BCUT2D eigenvalue weighted by Gasteiger charge is 2.14. The number of nitro groups is 1. The summed E-state index contributed by atoms with van der Waals surface area (Å²) >= 11 is 10.9. The fourth-order valence-electron chi connectivity index (χ4n) is 1.30. The Morgan fingerprint density at radius 3 is 1.85 bits per heavy atom. The van der Waals surface area contributed by atoms with E-state index in [-0.39, 0.29) is 15.9 Å². The fraction of sp³-hybridized carbons (Fsp3) is 0.167. The second kappa shape index (κ2) is 9.77. The van der Waals surface area contributed by atoms with E-state index in [4.69, 9.17) is 28.9 Å². The average molecular weight is 419 g/mol. The van der Waals surface area contributed by atoms with Crippen LogP contribution in [0, 0.1) is 10.1 Å². The lowest BCUT2D eigenvalue weighted by Crippen LogP contribution is -2.04. The van der Waals surface area contributed by atoms with Crippen LogP contribution in [-0.4, -0.2) is 28.1 Å². The van der Waals surface area contributed by atoms with Gasteiger partial charge in [0.05, 0.1) is 16.8 Å². The third-order valence-electron chi connectivity index (χ3n) is 2.23. The van der Waals surface area contributed by atoms with E-state index in [2.05, 4.69) is 19.4 Å². The number of rotatable bonds is 5. The van der Waals surface area contributed by atoms with Crippen LogP contribution in [0.1, 0.15) is 0 Å². The van der Waals surface area contributed by atoms with Gasteiger partial charge in [0.2, 0.25) is 11.8 Å². The zero-order valence-electron chi connectivity index (χ0n) is 12.3. The third kappa shape index (κ3) is 7.11. The lowest BCUT2D eigenvalue weighted by molar-refractivity contribution is -0.385. The first-order valence-corrected chi connectivity index (χ1v) is 6.96. The van der Waals surface area contributed by atoms with Crippen LogP contribution in [0.5, 0.6) is 11.8 Å². The molecule has 0 aromatic carbocycles. The Bertz CT molecular complexity index is 770. The van der Waals surface area contributed by atoms with E-state index in [0.717, 1.165) is 12.3 Å². The van der Waals surface area contributed by atoms with Gasteiger partial charge in [-0.15, -0.1) is 0 Å². The summed E-state index contributed by atoms with van der Waals surface area (Å²) < 4.78 is 54.6. The summed E-state index contributed by atoms with van der Waals surface area (Å²) in [5.41, 5.74) is 5.17. The van der Waals surface area contributed by atoms with Crippen molar-refractivity contribution in [2.45, 2.75) is 13.2 Å². The molecular weight excluding hydrogens is 411 g/mol. The van der Waals surface area contributed by atoms with Crippen LogP contribution in [0.25, 0.3) is 0 Å². The Hall–Kier alpha value is -2.60. The zero-order chi connectivity index (χ0) is 19.9. The zero-order valence-corrected chi connectivity index (χ0v) is 13.8. The number of nitrogens with two attached hydrogens (primary N) is 1. The van der Waals surface area contributed by atoms with Crippen LogP contribution in [0.2, 0.25) is 10.0 Å². The molecule has 0 aliphatic heterocycles. The second-order valence-corrected chi connectivity index (χ2v) is 4.86. The SMILES string of the molecule is Nc1cnc(OC(F)F)c(Cl)c1.O=[N+]([O-])c1cnc(OC(F)F)c(Cl)c1. The first kappa shape index (κ1) is 21.4. The van der Waals surface area contributed by atoms with Gasteiger partial charge >= 0.3 is 13.2 Å². The predicted octanol–water partition coefficient (Wildman–Crippen LogP) is 4.16. The number of hydrogen-bond acceptors (Lipinski definition) is 7. The fourth-order valence-corrected chi connectivity index (χ4v) is 1.72. The summed E-state index contributed by atoms with van der Waals surface area (Å²) in [5, 5.41) is 9.84. The summed E-state index contributed by atoms with van der Waals surface area (Å²) in [6.07, 6.45) is 1.97. The van der Waals surface area contributed by atoms with E-state index in [1.165, 1.54) is 12.3 Å². The van der Waals surface area contributed by atoms with Crippen molar-refractivity contribution >= 4 is 34.6 Å². The second-order valence-electron chi connectivity index (χ2n) is 4.05. The highest BCUT2D eigenvalue weighted by Crippen LogP contribution is 2.27. The molecule has 2 aromatic heterocycles. The quantitative estimate of drug-likeness (QED) is 0.440. The number of hydrogen-bond donors (Lipinski definition) is 1. The van der Waals surface area contributed by atoms with Gasteiger partial charge in [-0.25, -0.2) is 9.97 Å². The molecule has 0 spiro atoms. The van der Waals surface area contributed by atoms with Crippen molar-refractivity contribution in [2.24, 2.45) is 0 Å². The predicted molar refractivity (Wildman–Crippen MR) is 82.8 cm³/mol. The van der Waals surface area contributed by atoms with E-state index in [9.17, 15) is 27.7 Å². The van der Waals surface area contributed by atoms with Gasteiger partial charge in [-0.1, -0.05) is 23.2 Å². The number of alkyl halides is 4. The largest absolute Gasteiger partial charge is 0.415 e. The highest BCUT2D eigenvalue weighted by molar-refractivity contribution is 6.32. The minimum Gasteiger partial charge on any atom is -0.415 e. The molecule has 0 amide bonds. The molecule has 0 saturated carbocycles. The number of pyridine rings is 2. The van der Waals surface area contributed by atoms with Crippen LogP contribution in [0.15, 0.2) is 24.5 Å². The third-order valence-corrected chi connectivity index (χ3v) is 2.78. The monoisotopic (exact) mass is 418 g/mol.